The van der Waals surface area contributed by atoms with Crippen molar-refractivity contribution in [3.63, 3.8) is 0 Å². The summed E-state index contributed by atoms with van der Waals surface area (Å²) in [7, 11) is 1.39. The molecule has 1 unspecified atom stereocenters. The van der Waals surface area contributed by atoms with Gasteiger partial charge in [-0.05, 0) is 20.3 Å². The van der Waals surface area contributed by atoms with Crippen molar-refractivity contribution < 1.29 is 24.2 Å². The Morgan fingerprint density at radius 2 is 1.89 bits per heavy atom. The molecule has 0 aliphatic heterocycles. The molecule has 2 N–H and O–H groups in total. The van der Waals surface area contributed by atoms with E-state index in [1.54, 1.807) is 13.8 Å². The highest BCUT2D eigenvalue weighted by atomic mass is 16.5. The van der Waals surface area contributed by atoms with Crippen LogP contribution in [0.3, 0.4) is 0 Å². The molecule has 0 heterocycles. The predicted octanol–water partition coefficient (Wildman–Crippen LogP) is 0.444. The molecule has 0 bridgehead atoms. The van der Waals surface area contributed by atoms with Gasteiger partial charge in [-0.1, -0.05) is 6.92 Å². The number of aliphatic carboxylic acids is 1. The number of carbonyl (C=O) groups is 3. The van der Waals surface area contributed by atoms with E-state index in [0.29, 0.717) is 0 Å². The minimum atomic E-state index is -1.35. The van der Waals surface area contributed by atoms with E-state index in [1.165, 1.54) is 14.0 Å². The van der Waals surface area contributed by atoms with E-state index in [1.807, 2.05) is 0 Å². The fraction of sp³-hybridized carbons (Fsp3) is 0.727. The molecule has 7 nitrogen and oxygen atoms in total. The molecule has 0 rings (SSSR count). The molecule has 1 atom stereocenters. The number of carbonyl (C=O) groups excluding carboxylic acids is 2. The van der Waals surface area contributed by atoms with E-state index in [0.717, 1.165) is 4.90 Å². The van der Waals surface area contributed by atoms with E-state index in [-0.39, 0.29) is 19.6 Å². The largest absolute Gasteiger partial charge is 0.480 e. The molecule has 0 radical (unpaired) electrons. The van der Waals surface area contributed by atoms with E-state index in [4.69, 9.17) is 5.11 Å². The van der Waals surface area contributed by atoms with Crippen LogP contribution in [0.15, 0.2) is 0 Å². The van der Waals surface area contributed by atoms with E-state index in [2.05, 4.69) is 10.1 Å². The number of amides is 2. The number of nitrogens with zero attached hydrogens (tertiary/aromatic N) is 1. The number of nitrogens with one attached hydrogen (secondary N) is 1. The topological polar surface area (TPSA) is 95.9 Å². The van der Waals surface area contributed by atoms with Gasteiger partial charge in [-0.2, -0.15) is 0 Å². The molecule has 104 valence electrons. The lowest BCUT2D eigenvalue weighted by Gasteiger charge is -2.27. The Bertz CT molecular complexity index is 331. The summed E-state index contributed by atoms with van der Waals surface area (Å²) in [6.07, 6.45) is 0.237. The van der Waals surface area contributed by atoms with Gasteiger partial charge >= 0.3 is 18.0 Å². The SMILES string of the molecule is CCOC(=O)CN(C)C(=O)NC(C)(CC)C(=O)O. The summed E-state index contributed by atoms with van der Waals surface area (Å²) in [5.41, 5.74) is -1.35. The fourth-order valence-corrected chi connectivity index (χ4v) is 1.10. The fourth-order valence-electron chi connectivity index (χ4n) is 1.10. The summed E-state index contributed by atoms with van der Waals surface area (Å²) in [6, 6.07) is -0.630. The van der Waals surface area contributed by atoms with Crippen LogP contribution in [-0.4, -0.2) is 53.7 Å². The Kier molecular flexibility index (Phi) is 6.15. The van der Waals surface area contributed by atoms with Crippen molar-refractivity contribution in [1.82, 2.24) is 10.2 Å². The maximum Gasteiger partial charge on any atom is 0.329 e. The second kappa shape index (κ2) is 6.83. The molecule has 2 amide bonds. The van der Waals surface area contributed by atoms with Crippen LogP contribution in [-0.2, 0) is 14.3 Å². The summed E-state index contributed by atoms with van der Waals surface area (Å²) in [6.45, 7) is 4.73. The third-order valence-corrected chi connectivity index (χ3v) is 2.58. The lowest BCUT2D eigenvalue weighted by atomic mass is 10.00. The van der Waals surface area contributed by atoms with E-state index >= 15 is 0 Å². The Labute approximate surface area is 106 Å². The van der Waals surface area contributed by atoms with Crippen molar-refractivity contribution in [1.29, 1.82) is 0 Å². The first-order chi connectivity index (χ1) is 8.26. The van der Waals surface area contributed by atoms with E-state index < -0.39 is 23.5 Å². The van der Waals surface area contributed by atoms with Crippen LogP contribution in [0.25, 0.3) is 0 Å². The second-order valence-electron chi connectivity index (χ2n) is 4.08. The third kappa shape index (κ3) is 4.60. The number of hydrogen-bond donors (Lipinski definition) is 2. The van der Waals surface area contributed by atoms with Crippen LogP contribution in [0.2, 0.25) is 0 Å². The average molecular weight is 260 g/mol. The molecule has 18 heavy (non-hydrogen) atoms. The van der Waals surface area contributed by atoms with Crippen LogP contribution in [0.1, 0.15) is 27.2 Å². The van der Waals surface area contributed by atoms with Crippen molar-refractivity contribution in [3.8, 4) is 0 Å². The van der Waals surface area contributed by atoms with Crippen LogP contribution < -0.4 is 5.32 Å². The Morgan fingerprint density at radius 3 is 2.28 bits per heavy atom. The standard InChI is InChI=1S/C11H20N2O5/c1-5-11(3,9(15)16)12-10(17)13(4)7-8(14)18-6-2/h5-7H2,1-4H3,(H,12,17)(H,15,16). The molecule has 0 saturated heterocycles. The Balaban J connectivity index is 4.48. The maximum absolute atomic E-state index is 11.7. The zero-order chi connectivity index (χ0) is 14.3. The van der Waals surface area contributed by atoms with Gasteiger partial charge < -0.3 is 20.1 Å². The number of esters is 1. The van der Waals surface area contributed by atoms with Crippen molar-refractivity contribution in [2.24, 2.45) is 0 Å². The molecule has 0 spiro atoms. The van der Waals surface area contributed by atoms with Crippen molar-refractivity contribution >= 4 is 18.0 Å². The number of likely N-dealkylation sites (N-methyl/N-ethyl adjacent to an activating group) is 1. The van der Waals surface area contributed by atoms with Crippen LogP contribution in [0.4, 0.5) is 4.79 Å². The van der Waals surface area contributed by atoms with Gasteiger partial charge in [0, 0.05) is 7.05 Å². The summed E-state index contributed by atoms with van der Waals surface area (Å²) in [5, 5.41) is 11.4. The van der Waals surface area contributed by atoms with Gasteiger partial charge in [0.15, 0.2) is 0 Å². The summed E-state index contributed by atoms with van der Waals surface area (Å²) in [5.74, 6) is -1.66. The van der Waals surface area contributed by atoms with Crippen molar-refractivity contribution in [2.45, 2.75) is 32.7 Å². The van der Waals surface area contributed by atoms with Gasteiger partial charge in [-0.25, -0.2) is 9.59 Å². The van der Waals surface area contributed by atoms with Crippen LogP contribution in [0, 0.1) is 0 Å². The maximum atomic E-state index is 11.7. The monoisotopic (exact) mass is 260 g/mol. The molecule has 0 aromatic carbocycles. The van der Waals surface area contributed by atoms with Gasteiger partial charge in [-0.3, -0.25) is 4.79 Å². The highest BCUT2D eigenvalue weighted by molar-refractivity contribution is 5.87. The Hall–Kier alpha value is -1.79. The first-order valence-corrected chi connectivity index (χ1v) is 5.69. The highest BCUT2D eigenvalue weighted by Gasteiger charge is 2.33. The lowest BCUT2D eigenvalue weighted by Crippen LogP contribution is -2.55. The van der Waals surface area contributed by atoms with Gasteiger partial charge in [0.05, 0.1) is 6.61 Å². The molecule has 0 aromatic heterocycles. The smallest absolute Gasteiger partial charge is 0.329 e. The molecule has 0 aliphatic carbocycles. The highest BCUT2D eigenvalue weighted by Crippen LogP contribution is 2.09. The lowest BCUT2D eigenvalue weighted by molar-refractivity contribution is -0.143. The van der Waals surface area contributed by atoms with Gasteiger partial charge in [0.1, 0.15) is 12.1 Å². The number of urea groups is 1. The second-order valence-corrected chi connectivity index (χ2v) is 4.08. The normalized spacial score (nSPS) is 13.3. The van der Waals surface area contributed by atoms with E-state index in [9.17, 15) is 14.4 Å². The number of carboxylic acids is 1. The van der Waals surface area contributed by atoms with Crippen molar-refractivity contribution in [2.75, 3.05) is 20.2 Å². The zero-order valence-corrected chi connectivity index (χ0v) is 11.1. The first-order valence-electron chi connectivity index (χ1n) is 5.69. The predicted molar refractivity (Wildman–Crippen MR) is 64.1 cm³/mol. The summed E-state index contributed by atoms with van der Waals surface area (Å²) in [4.78, 5) is 35.0. The molecular weight excluding hydrogens is 240 g/mol. The van der Waals surface area contributed by atoms with Gasteiger partial charge in [0.2, 0.25) is 0 Å². The quantitative estimate of drug-likeness (QED) is 0.676. The molecule has 0 aromatic rings. The summed E-state index contributed by atoms with van der Waals surface area (Å²) < 4.78 is 4.69. The van der Waals surface area contributed by atoms with Crippen LogP contribution >= 0.6 is 0 Å². The first kappa shape index (κ1) is 16.2. The van der Waals surface area contributed by atoms with Crippen molar-refractivity contribution in [3.05, 3.63) is 0 Å². The Morgan fingerprint density at radius 1 is 1.33 bits per heavy atom. The molecule has 0 saturated carbocycles. The van der Waals surface area contributed by atoms with Gasteiger partial charge in [-0.15, -0.1) is 0 Å². The zero-order valence-electron chi connectivity index (χ0n) is 11.1. The number of hydrogen-bond acceptors (Lipinski definition) is 4. The number of rotatable bonds is 6. The number of carboxylic acid groups (broad SMARTS) is 1. The molecule has 7 heteroatoms. The number of ether oxygens (including phenoxy) is 1. The van der Waals surface area contributed by atoms with Gasteiger partial charge in [0.25, 0.3) is 0 Å². The summed E-state index contributed by atoms with van der Waals surface area (Å²) >= 11 is 0. The van der Waals surface area contributed by atoms with Crippen LogP contribution in [0.5, 0.6) is 0 Å². The third-order valence-electron chi connectivity index (χ3n) is 2.58. The minimum absolute atomic E-state index is 0.223. The minimum Gasteiger partial charge on any atom is -0.480 e. The molecule has 0 fully saturated rings. The molecular formula is C11H20N2O5. The average Bonchev–Trinajstić information content (AvgIpc) is 2.28. The molecule has 0 aliphatic rings.